The molecule has 2 aliphatic rings. The van der Waals surface area contributed by atoms with Gasteiger partial charge in [0.15, 0.2) is 0 Å². The number of nitrogens with zero attached hydrogens (tertiary/aromatic N) is 1. The molecule has 3 unspecified atom stereocenters. The van der Waals surface area contributed by atoms with Crippen molar-refractivity contribution in [1.82, 2.24) is 10.2 Å². The van der Waals surface area contributed by atoms with Crippen LogP contribution in [0.2, 0.25) is 0 Å². The second-order valence-electron chi connectivity index (χ2n) is 6.86. The summed E-state index contributed by atoms with van der Waals surface area (Å²) < 4.78 is 1.32. The maximum absolute atomic E-state index is 3.83. The Hall–Kier alpha value is -0.130. The molecule has 0 bridgehead atoms. The van der Waals surface area contributed by atoms with Crippen LogP contribution in [0.1, 0.15) is 38.7 Å². The number of rotatable bonds is 5. The van der Waals surface area contributed by atoms with E-state index in [0.717, 1.165) is 24.4 Å². The summed E-state index contributed by atoms with van der Waals surface area (Å²) in [5, 5.41) is 3.83. The molecule has 116 valence electrons. The molecule has 1 saturated carbocycles. The first kappa shape index (κ1) is 15.8. The molecule has 3 atom stereocenters. The molecule has 1 aromatic rings. The summed E-state index contributed by atoms with van der Waals surface area (Å²) in [6.45, 7) is 8.23. The van der Waals surface area contributed by atoms with E-state index in [9.17, 15) is 0 Å². The lowest BCUT2D eigenvalue weighted by Gasteiger charge is -2.43. The lowest BCUT2D eigenvalue weighted by molar-refractivity contribution is 0.0787. The van der Waals surface area contributed by atoms with Gasteiger partial charge in [-0.2, -0.15) is 0 Å². The maximum atomic E-state index is 3.83. The highest BCUT2D eigenvalue weighted by Crippen LogP contribution is 2.35. The fourth-order valence-corrected chi connectivity index (χ4v) is 3.87. The monoisotopic (exact) mass is 398 g/mol. The summed E-state index contributed by atoms with van der Waals surface area (Å²) in [5.74, 6) is 1.71. The molecular weight excluding hydrogens is 371 g/mol. The minimum absolute atomic E-state index is 0.685. The Kier molecular flexibility index (Phi) is 5.23. The molecule has 0 amide bonds. The normalized spacial score (nSPS) is 28.5. The molecule has 1 heterocycles. The van der Waals surface area contributed by atoms with Crippen LogP contribution in [0.5, 0.6) is 0 Å². The van der Waals surface area contributed by atoms with Gasteiger partial charge in [0.2, 0.25) is 0 Å². The van der Waals surface area contributed by atoms with Gasteiger partial charge < -0.3 is 5.32 Å². The molecular formula is C18H27IN2. The summed E-state index contributed by atoms with van der Waals surface area (Å²) in [6.07, 6.45) is 4.13. The van der Waals surface area contributed by atoms with Crippen LogP contribution in [0, 0.1) is 15.4 Å². The van der Waals surface area contributed by atoms with Crippen LogP contribution in [0.4, 0.5) is 0 Å². The fraction of sp³-hybridized carbons (Fsp3) is 0.667. The predicted octanol–water partition coefficient (Wildman–Crippen LogP) is 3.89. The third-order valence-corrected chi connectivity index (χ3v) is 6.00. The molecule has 0 aromatic heterocycles. The van der Waals surface area contributed by atoms with Gasteiger partial charge in [-0.1, -0.05) is 32.4 Å². The highest BCUT2D eigenvalue weighted by molar-refractivity contribution is 14.1. The summed E-state index contributed by atoms with van der Waals surface area (Å²) in [4.78, 5) is 2.75. The molecule has 1 aliphatic carbocycles. The Morgan fingerprint density at radius 3 is 2.62 bits per heavy atom. The average molecular weight is 398 g/mol. The lowest BCUT2D eigenvalue weighted by Crippen LogP contribution is -2.58. The topological polar surface area (TPSA) is 15.3 Å². The van der Waals surface area contributed by atoms with Crippen molar-refractivity contribution >= 4 is 22.6 Å². The summed E-state index contributed by atoms with van der Waals surface area (Å²) >= 11 is 2.38. The molecule has 21 heavy (non-hydrogen) atoms. The van der Waals surface area contributed by atoms with Gasteiger partial charge in [0.25, 0.3) is 0 Å². The first-order chi connectivity index (χ1) is 10.2. The van der Waals surface area contributed by atoms with Crippen molar-refractivity contribution in [2.75, 3.05) is 13.1 Å². The smallest absolute Gasteiger partial charge is 0.0250 e. The van der Waals surface area contributed by atoms with Crippen LogP contribution < -0.4 is 5.32 Å². The largest absolute Gasteiger partial charge is 0.311 e. The number of hydrogen-bond donors (Lipinski definition) is 1. The Labute approximate surface area is 142 Å². The molecule has 3 rings (SSSR count). The van der Waals surface area contributed by atoms with Crippen LogP contribution in [-0.2, 0) is 6.54 Å². The second kappa shape index (κ2) is 6.97. The Balaban J connectivity index is 1.70. The molecule has 1 saturated heterocycles. The van der Waals surface area contributed by atoms with Crippen LogP contribution >= 0.6 is 22.6 Å². The number of hydrogen-bond acceptors (Lipinski definition) is 2. The van der Waals surface area contributed by atoms with E-state index in [-0.39, 0.29) is 0 Å². The van der Waals surface area contributed by atoms with Crippen LogP contribution in [0.3, 0.4) is 0 Å². The van der Waals surface area contributed by atoms with Gasteiger partial charge in [0.05, 0.1) is 0 Å². The molecule has 2 nitrogen and oxygen atoms in total. The standard InChI is InChI=1S/C18H27IN2/c1-3-13(2)18-10-20-17(15-6-7-15)12-21(18)11-14-4-8-16(19)9-5-14/h4-5,8-9,13,15,17-18,20H,3,6-7,10-12H2,1-2H3. The van der Waals surface area contributed by atoms with Gasteiger partial charge in [-0.3, -0.25) is 4.90 Å². The van der Waals surface area contributed by atoms with Crippen molar-refractivity contribution < 1.29 is 0 Å². The highest BCUT2D eigenvalue weighted by atomic mass is 127. The molecule has 0 spiro atoms. The molecule has 1 aliphatic heterocycles. The zero-order valence-electron chi connectivity index (χ0n) is 13.2. The second-order valence-corrected chi connectivity index (χ2v) is 8.11. The van der Waals surface area contributed by atoms with Crippen molar-refractivity contribution in [2.24, 2.45) is 11.8 Å². The first-order valence-corrected chi connectivity index (χ1v) is 9.47. The SMILES string of the molecule is CCC(C)C1CNC(C2CC2)CN1Cc1ccc(I)cc1. The van der Waals surface area contributed by atoms with E-state index < -0.39 is 0 Å². The average Bonchev–Trinajstić information content (AvgIpc) is 3.33. The van der Waals surface area contributed by atoms with Crippen LogP contribution in [0.15, 0.2) is 24.3 Å². The van der Waals surface area contributed by atoms with E-state index in [0.29, 0.717) is 6.04 Å². The van der Waals surface area contributed by atoms with Gasteiger partial charge in [-0.05, 0) is 65.0 Å². The van der Waals surface area contributed by atoms with E-state index in [1.54, 1.807) is 0 Å². The van der Waals surface area contributed by atoms with Gasteiger partial charge >= 0.3 is 0 Å². The fourth-order valence-electron chi connectivity index (χ4n) is 3.51. The van der Waals surface area contributed by atoms with E-state index in [1.165, 1.54) is 41.5 Å². The number of piperazine rings is 1. The van der Waals surface area contributed by atoms with Crippen molar-refractivity contribution in [3.63, 3.8) is 0 Å². The van der Waals surface area contributed by atoms with Crippen molar-refractivity contribution in [3.8, 4) is 0 Å². The first-order valence-electron chi connectivity index (χ1n) is 8.39. The Morgan fingerprint density at radius 2 is 2.00 bits per heavy atom. The molecule has 3 heteroatoms. The van der Waals surface area contributed by atoms with Gasteiger partial charge in [-0.15, -0.1) is 0 Å². The Bertz CT molecular complexity index is 455. The van der Waals surface area contributed by atoms with Crippen LogP contribution in [-0.4, -0.2) is 30.1 Å². The Morgan fingerprint density at radius 1 is 1.29 bits per heavy atom. The third kappa shape index (κ3) is 3.99. The molecule has 1 aromatic carbocycles. The summed E-state index contributed by atoms with van der Waals surface area (Å²) in [5.41, 5.74) is 1.46. The predicted molar refractivity (Wildman–Crippen MR) is 97.3 cm³/mol. The lowest BCUT2D eigenvalue weighted by atomic mass is 9.93. The van der Waals surface area contributed by atoms with Crippen molar-refractivity contribution in [2.45, 2.75) is 51.7 Å². The van der Waals surface area contributed by atoms with E-state index >= 15 is 0 Å². The van der Waals surface area contributed by atoms with E-state index in [1.807, 2.05) is 0 Å². The minimum Gasteiger partial charge on any atom is -0.311 e. The number of halogens is 1. The van der Waals surface area contributed by atoms with E-state index in [2.05, 4.69) is 70.9 Å². The third-order valence-electron chi connectivity index (χ3n) is 5.28. The van der Waals surface area contributed by atoms with Gasteiger partial charge in [0, 0.05) is 35.3 Å². The number of nitrogens with one attached hydrogen (secondary N) is 1. The quantitative estimate of drug-likeness (QED) is 0.758. The molecule has 2 fully saturated rings. The van der Waals surface area contributed by atoms with Gasteiger partial charge in [-0.25, -0.2) is 0 Å². The van der Waals surface area contributed by atoms with Crippen molar-refractivity contribution in [1.29, 1.82) is 0 Å². The molecule has 1 N–H and O–H groups in total. The van der Waals surface area contributed by atoms with Crippen molar-refractivity contribution in [3.05, 3.63) is 33.4 Å². The van der Waals surface area contributed by atoms with Gasteiger partial charge in [0.1, 0.15) is 0 Å². The zero-order chi connectivity index (χ0) is 14.8. The minimum atomic E-state index is 0.685. The zero-order valence-corrected chi connectivity index (χ0v) is 15.3. The highest BCUT2D eigenvalue weighted by Gasteiger charge is 2.38. The summed E-state index contributed by atoms with van der Waals surface area (Å²) in [6, 6.07) is 10.5. The molecule has 0 radical (unpaired) electrons. The summed E-state index contributed by atoms with van der Waals surface area (Å²) in [7, 11) is 0. The number of benzene rings is 1. The maximum Gasteiger partial charge on any atom is 0.0250 e. The van der Waals surface area contributed by atoms with E-state index in [4.69, 9.17) is 0 Å². The van der Waals surface area contributed by atoms with Crippen LogP contribution in [0.25, 0.3) is 0 Å².